The SMILES string of the molecule is [C-]#[N+]C(CC([N+]#[C-])c1c(C)cccc1C)c1c(C)cccc1C.[Pt].[Pt]. The van der Waals surface area contributed by atoms with Crippen LogP contribution in [0.4, 0.5) is 0 Å². The van der Waals surface area contributed by atoms with Crippen molar-refractivity contribution < 1.29 is 42.1 Å². The number of hydrogen-bond acceptors (Lipinski definition) is 0. The van der Waals surface area contributed by atoms with Gasteiger partial charge in [0.2, 0.25) is 0 Å². The Morgan fingerprint density at radius 2 is 0.960 bits per heavy atom. The quantitative estimate of drug-likeness (QED) is 0.352. The molecule has 2 atom stereocenters. The normalized spacial score (nSPS) is 11.9. The van der Waals surface area contributed by atoms with Crippen LogP contribution in [0.1, 0.15) is 51.9 Å². The monoisotopic (exact) mass is 692 g/mol. The Kier molecular flexibility index (Phi) is 10.2. The first kappa shape index (κ1) is 23.8. The molecular formula is C21H22N2Pt2. The van der Waals surface area contributed by atoms with Crippen molar-refractivity contribution in [2.24, 2.45) is 0 Å². The molecule has 0 saturated heterocycles. The first-order valence-electron chi connectivity index (χ1n) is 7.85. The summed E-state index contributed by atoms with van der Waals surface area (Å²) in [4.78, 5) is 7.72. The molecule has 0 amide bonds. The molecular weight excluding hydrogens is 670 g/mol. The number of nitrogens with zero attached hydrogens (tertiary/aromatic N) is 2. The summed E-state index contributed by atoms with van der Waals surface area (Å²) in [6, 6.07) is 11.7. The van der Waals surface area contributed by atoms with Crippen molar-refractivity contribution in [1.29, 1.82) is 0 Å². The number of hydrogen-bond donors (Lipinski definition) is 0. The topological polar surface area (TPSA) is 8.72 Å². The van der Waals surface area contributed by atoms with Crippen molar-refractivity contribution in [2.45, 2.75) is 46.2 Å². The van der Waals surface area contributed by atoms with E-state index in [0.717, 1.165) is 33.4 Å². The Hall–Kier alpha value is -1.20. The number of rotatable bonds is 4. The van der Waals surface area contributed by atoms with Gasteiger partial charge in [0.1, 0.15) is 6.42 Å². The fraction of sp³-hybridized carbons (Fsp3) is 0.333. The molecule has 0 fully saturated rings. The molecule has 136 valence electrons. The maximum Gasteiger partial charge on any atom is 0.257 e. The summed E-state index contributed by atoms with van der Waals surface area (Å²) in [6.45, 7) is 23.5. The zero-order chi connectivity index (χ0) is 17.0. The van der Waals surface area contributed by atoms with Crippen LogP contribution in [0, 0.1) is 40.8 Å². The van der Waals surface area contributed by atoms with E-state index in [4.69, 9.17) is 13.1 Å². The number of benzene rings is 2. The van der Waals surface area contributed by atoms with Crippen molar-refractivity contribution in [3.63, 3.8) is 0 Å². The number of aryl methyl sites for hydroxylation is 4. The summed E-state index contributed by atoms with van der Waals surface area (Å²) in [5.41, 5.74) is 6.71. The zero-order valence-corrected chi connectivity index (χ0v) is 19.4. The molecule has 0 heterocycles. The summed E-state index contributed by atoms with van der Waals surface area (Å²) < 4.78 is 0. The van der Waals surface area contributed by atoms with Gasteiger partial charge in [-0.05, 0) is 49.9 Å². The molecule has 2 aromatic rings. The first-order valence-corrected chi connectivity index (χ1v) is 7.85. The van der Waals surface area contributed by atoms with Crippen LogP contribution in [0.2, 0.25) is 0 Å². The molecule has 0 bridgehead atoms. The van der Waals surface area contributed by atoms with E-state index in [-0.39, 0.29) is 54.2 Å². The van der Waals surface area contributed by atoms with Crippen LogP contribution in [-0.2, 0) is 42.1 Å². The van der Waals surface area contributed by atoms with Gasteiger partial charge in [-0.15, -0.1) is 0 Å². The Morgan fingerprint density at radius 1 is 0.680 bits per heavy atom. The Labute approximate surface area is 180 Å². The van der Waals surface area contributed by atoms with E-state index < -0.39 is 0 Å². The molecule has 0 radical (unpaired) electrons. The molecule has 0 spiro atoms. The Morgan fingerprint density at radius 3 is 1.20 bits per heavy atom. The van der Waals surface area contributed by atoms with Crippen LogP contribution in [0.15, 0.2) is 36.4 Å². The van der Waals surface area contributed by atoms with Crippen molar-refractivity contribution in [2.75, 3.05) is 0 Å². The second kappa shape index (κ2) is 10.7. The summed E-state index contributed by atoms with van der Waals surface area (Å²) in [6.07, 6.45) is 0.546. The van der Waals surface area contributed by atoms with Gasteiger partial charge in [0.25, 0.3) is 12.1 Å². The van der Waals surface area contributed by atoms with Crippen LogP contribution in [0.25, 0.3) is 9.69 Å². The van der Waals surface area contributed by atoms with E-state index in [1.54, 1.807) is 0 Å². The van der Waals surface area contributed by atoms with E-state index >= 15 is 0 Å². The van der Waals surface area contributed by atoms with E-state index in [2.05, 4.69) is 9.69 Å². The maximum atomic E-state index is 7.65. The second-order valence-corrected chi connectivity index (χ2v) is 6.14. The molecule has 25 heavy (non-hydrogen) atoms. The van der Waals surface area contributed by atoms with Gasteiger partial charge >= 0.3 is 0 Å². The molecule has 2 unspecified atom stereocenters. The third-order valence-corrected chi connectivity index (χ3v) is 4.51. The van der Waals surface area contributed by atoms with Crippen molar-refractivity contribution in [3.8, 4) is 0 Å². The van der Waals surface area contributed by atoms with Crippen LogP contribution in [0.3, 0.4) is 0 Å². The Balaban J connectivity index is 0.00000288. The first-order chi connectivity index (χ1) is 11.0. The predicted octanol–water partition coefficient (Wildman–Crippen LogP) is 5.93. The smallest absolute Gasteiger partial charge is 0.257 e. The minimum atomic E-state index is -0.269. The average molecular weight is 693 g/mol. The molecule has 2 rings (SSSR count). The molecule has 2 nitrogen and oxygen atoms in total. The van der Waals surface area contributed by atoms with Gasteiger partial charge in [-0.25, -0.2) is 13.1 Å². The van der Waals surface area contributed by atoms with Gasteiger partial charge in [0, 0.05) is 53.3 Å². The van der Waals surface area contributed by atoms with E-state index in [0.29, 0.717) is 6.42 Å². The molecule has 0 N–H and O–H groups in total. The molecule has 0 aliphatic carbocycles. The van der Waals surface area contributed by atoms with Gasteiger partial charge in [-0.3, -0.25) is 0 Å². The molecule has 0 saturated carbocycles. The van der Waals surface area contributed by atoms with Crippen LogP contribution in [0.5, 0.6) is 0 Å². The molecule has 0 aliphatic rings. The summed E-state index contributed by atoms with van der Waals surface area (Å²) >= 11 is 0. The van der Waals surface area contributed by atoms with Crippen LogP contribution in [-0.4, -0.2) is 0 Å². The minimum absolute atomic E-state index is 0. The van der Waals surface area contributed by atoms with Crippen molar-refractivity contribution in [3.05, 3.63) is 92.6 Å². The van der Waals surface area contributed by atoms with E-state index in [1.807, 2.05) is 64.1 Å². The van der Waals surface area contributed by atoms with Crippen LogP contribution < -0.4 is 0 Å². The van der Waals surface area contributed by atoms with Crippen molar-refractivity contribution in [1.82, 2.24) is 0 Å². The fourth-order valence-electron chi connectivity index (χ4n) is 3.39. The summed E-state index contributed by atoms with van der Waals surface area (Å²) in [5.74, 6) is 0. The van der Waals surface area contributed by atoms with Gasteiger partial charge in [0.05, 0.1) is 0 Å². The van der Waals surface area contributed by atoms with Gasteiger partial charge in [0.15, 0.2) is 0 Å². The van der Waals surface area contributed by atoms with Gasteiger partial charge in [-0.2, -0.15) is 0 Å². The summed E-state index contributed by atoms with van der Waals surface area (Å²) in [5, 5.41) is 0. The van der Waals surface area contributed by atoms with E-state index in [1.165, 1.54) is 0 Å². The average Bonchev–Trinajstić information content (AvgIpc) is 2.51. The standard InChI is InChI=1S/C21H22N2.2Pt/c1-14-9-7-10-15(2)20(14)18(22-5)13-19(23-6)21-16(3)11-8-12-17(21)4;;/h7-12,18-19H,13H2,1-4H3;;. The third kappa shape index (κ3) is 5.38. The fourth-order valence-corrected chi connectivity index (χ4v) is 3.39. The molecule has 0 aliphatic heterocycles. The third-order valence-electron chi connectivity index (χ3n) is 4.51. The van der Waals surface area contributed by atoms with Crippen molar-refractivity contribution >= 4 is 0 Å². The molecule has 2 aromatic carbocycles. The molecule has 4 heteroatoms. The minimum Gasteiger partial charge on any atom is -0.308 e. The second-order valence-electron chi connectivity index (χ2n) is 6.14. The largest absolute Gasteiger partial charge is 0.308 e. The van der Waals surface area contributed by atoms with E-state index in [9.17, 15) is 0 Å². The Bertz CT molecular complexity index is 693. The predicted molar refractivity (Wildman–Crippen MR) is 95.1 cm³/mol. The van der Waals surface area contributed by atoms with Crippen LogP contribution >= 0.6 is 0 Å². The molecule has 0 aromatic heterocycles. The van der Waals surface area contributed by atoms with Gasteiger partial charge < -0.3 is 9.69 Å². The zero-order valence-electron chi connectivity index (χ0n) is 14.9. The maximum absolute atomic E-state index is 7.65. The van der Waals surface area contributed by atoms with Gasteiger partial charge in [-0.1, -0.05) is 36.4 Å². The summed E-state index contributed by atoms with van der Waals surface area (Å²) in [7, 11) is 0.